The highest BCUT2D eigenvalue weighted by Gasteiger charge is 2.26. The first-order valence-corrected chi connectivity index (χ1v) is 8.23. The van der Waals surface area contributed by atoms with Gasteiger partial charge < -0.3 is 26.8 Å². The van der Waals surface area contributed by atoms with E-state index in [2.05, 4.69) is 16.0 Å². The number of hydrogen-bond acceptors (Lipinski definition) is 6. The maximum atomic E-state index is 12.1. The van der Waals surface area contributed by atoms with Crippen molar-refractivity contribution in [2.24, 2.45) is 5.73 Å². The summed E-state index contributed by atoms with van der Waals surface area (Å²) in [6.07, 6.45) is 0. The Labute approximate surface area is 139 Å². The Morgan fingerprint density at radius 3 is 2.13 bits per heavy atom. The van der Waals surface area contributed by atoms with Crippen LogP contribution in [0.5, 0.6) is 0 Å². The summed E-state index contributed by atoms with van der Waals surface area (Å²) >= 11 is 1.36. The van der Waals surface area contributed by atoms with Gasteiger partial charge in [0.1, 0.15) is 18.1 Å². The molecule has 23 heavy (non-hydrogen) atoms. The van der Waals surface area contributed by atoms with Crippen molar-refractivity contribution in [2.45, 2.75) is 38.9 Å². The molecular weight excluding hydrogens is 324 g/mol. The molecule has 0 aromatic heterocycles. The lowest BCUT2D eigenvalue weighted by molar-refractivity contribution is -0.141. The van der Waals surface area contributed by atoms with Crippen LogP contribution in [0.4, 0.5) is 0 Å². The number of hydrogen-bond donors (Lipinski definition) is 5. The summed E-state index contributed by atoms with van der Waals surface area (Å²) in [6.45, 7) is 4.51. The van der Waals surface area contributed by atoms with Crippen LogP contribution >= 0.6 is 11.8 Å². The highest BCUT2D eigenvalue weighted by Crippen LogP contribution is 2.03. The average Bonchev–Trinajstić information content (AvgIpc) is 2.45. The van der Waals surface area contributed by atoms with E-state index in [1.165, 1.54) is 32.5 Å². The summed E-state index contributed by atoms with van der Waals surface area (Å²) in [5, 5.41) is 16.0. The largest absolute Gasteiger partial charge is 0.480 e. The van der Waals surface area contributed by atoms with Crippen molar-refractivity contribution >= 4 is 35.5 Å². The molecule has 0 fully saturated rings. The molecule has 0 aromatic rings. The first-order valence-electron chi connectivity index (χ1n) is 7.07. The average molecular weight is 348 g/mol. The molecule has 10 heteroatoms. The molecule has 0 bridgehead atoms. The van der Waals surface area contributed by atoms with Crippen molar-refractivity contribution in [3.8, 4) is 0 Å². The van der Waals surface area contributed by atoms with E-state index in [0.717, 1.165) is 0 Å². The molecule has 0 aliphatic heterocycles. The van der Waals surface area contributed by atoms with Crippen molar-refractivity contribution < 1.29 is 24.3 Å². The number of carbonyl (C=O) groups is 4. The first kappa shape index (κ1) is 21.2. The fourth-order valence-corrected chi connectivity index (χ4v) is 2.31. The second kappa shape index (κ2) is 10.8. The van der Waals surface area contributed by atoms with Crippen LogP contribution < -0.4 is 21.7 Å². The molecule has 0 spiro atoms. The van der Waals surface area contributed by atoms with E-state index < -0.39 is 35.9 Å². The van der Waals surface area contributed by atoms with Gasteiger partial charge in [-0.15, -0.1) is 0 Å². The lowest BCUT2D eigenvalue weighted by Crippen LogP contribution is -2.55. The molecule has 3 amide bonds. The highest BCUT2D eigenvalue weighted by molar-refractivity contribution is 7.99. The topological polar surface area (TPSA) is 151 Å². The fraction of sp³-hybridized carbons (Fsp3) is 0.692. The van der Waals surface area contributed by atoms with E-state index in [1.54, 1.807) is 0 Å². The number of carboxylic acid groups (broad SMARTS) is 1. The first-order chi connectivity index (χ1) is 10.7. The zero-order valence-electron chi connectivity index (χ0n) is 13.4. The van der Waals surface area contributed by atoms with Gasteiger partial charge in [0.2, 0.25) is 17.7 Å². The normalized spacial score (nSPS) is 14.3. The molecule has 0 unspecified atom stereocenters. The van der Waals surface area contributed by atoms with Gasteiger partial charge in [-0.1, -0.05) is 0 Å². The molecular formula is C13H24N4O5S. The van der Waals surface area contributed by atoms with Gasteiger partial charge in [0.05, 0.1) is 0 Å². The van der Waals surface area contributed by atoms with E-state index in [-0.39, 0.29) is 11.7 Å². The van der Waals surface area contributed by atoms with Gasteiger partial charge in [0.15, 0.2) is 0 Å². The summed E-state index contributed by atoms with van der Waals surface area (Å²) in [7, 11) is 0. The van der Waals surface area contributed by atoms with Crippen molar-refractivity contribution in [1.29, 1.82) is 0 Å². The Balaban J connectivity index is 4.78. The number of carboxylic acids is 1. The van der Waals surface area contributed by atoms with Gasteiger partial charge >= 0.3 is 5.97 Å². The Morgan fingerprint density at radius 1 is 1.04 bits per heavy atom. The van der Waals surface area contributed by atoms with E-state index >= 15 is 0 Å². The molecule has 0 saturated heterocycles. The van der Waals surface area contributed by atoms with Crippen LogP contribution in [0, 0.1) is 0 Å². The lowest BCUT2D eigenvalue weighted by Gasteiger charge is -2.21. The molecule has 132 valence electrons. The Kier molecular flexibility index (Phi) is 9.99. The van der Waals surface area contributed by atoms with E-state index in [1.807, 2.05) is 0 Å². The maximum absolute atomic E-state index is 12.1. The van der Waals surface area contributed by atoms with Crippen LogP contribution in [0.2, 0.25) is 0 Å². The number of aliphatic carboxylic acids is 1. The Bertz CT molecular complexity index is 446. The van der Waals surface area contributed by atoms with Crippen LogP contribution in [0.15, 0.2) is 0 Å². The highest BCUT2D eigenvalue weighted by atomic mass is 32.2. The minimum Gasteiger partial charge on any atom is -0.480 e. The van der Waals surface area contributed by atoms with Gasteiger partial charge in [0, 0.05) is 25.0 Å². The Morgan fingerprint density at radius 2 is 1.65 bits per heavy atom. The molecule has 0 radical (unpaired) electrons. The van der Waals surface area contributed by atoms with Crippen LogP contribution in [0.25, 0.3) is 0 Å². The minimum absolute atomic E-state index is 0.244. The van der Waals surface area contributed by atoms with Gasteiger partial charge in [-0.05, 0) is 13.8 Å². The zero-order valence-corrected chi connectivity index (χ0v) is 14.2. The second-order valence-corrected chi connectivity index (χ2v) is 6.07. The monoisotopic (exact) mass is 348 g/mol. The third-order valence-electron chi connectivity index (χ3n) is 2.72. The summed E-state index contributed by atoms with van der Waals surface area (Å²) in [5.41, 5.74) is 5.38. The molecule has 0 aliphatic carbocycles. The summed E-state index contributed by atoms with van der Waals surface area (Å²) in [4.78, 5) is 45.9. The van der Waals surface area contributed by atoms with Crippen molar-refractivity contribution in [3.63, 3.8) is 0 Å². The molecule has 0 aromatic carbocycles. The Hall–Kier alpha value is -1.81. The second-order valence-electron chi connectivity index (χ2n) is 4.92. The maximum Gasteiger partial charge on any atom is 0.325 e. The minimum atomic E-state index is -1.18. The third-order valence-corrected chi connectivity index (χ3v) is 3.82. The summed E-state index contributed by atoms with van der Waals surface area (Å²) < 4.78 is 0. The number of nitrogens with one attached hydrogen (secondary N) is 3. The number of thioether (sulfide) groups is 1. The standard InChI is InChI=1S/C13H24N4O5S/c1-7(15-9(3)18)11(19)17-10(6-23-5-4-14)12(20)16-8(2)13(21)22/h7-8,10H,4-6,14H2,1-3H3,(H,15,18)(H,16,20)(H,17,19)(H,21,22)/t7-,8-,10-/m0/s1. The predicted molar refractivity (Wildman–Crippen MR) is 86.8 cm³/mol. The van der Waals surface area contributed by atoms with Gasteiger partial charge in [-0.3, -0.25) is 19.2 Å². The zero-order chi connectivity index (χ0) is 18.0. The van der Waals surface area contributed by atoms with Crippen LogP contribution in [-0.2, 0) is 19.2 Å². The van der Waals surface area contributed by atoms with Gasteiger partial charge in [-0.2, -0.15) is 11.8 Å². The number of nitrogens with two attached hydrogens (primary N) is 1. The number of rotatable bonds is 10. The lowest BCUT2D eigenvalue weighted by atomic mass is 10.2. The van der Waals surface area contributed by atoms with Gasteiger partial charge in [0.25, 0.3) is 0 Å². The van der Waals surface area contributed by atoms with E-state index in [4.69, 9.17) is 10.8 Å². The summed E-state index contributed by atoms with van der Waals surface area (Å²) in [5.74, 6) is -1.84. The molecule has 6 N–H and O–H groups in total. The fourth-order valence-electron chi connectivity index (χ4n) is 1.51. The van der Waals surface area contributed by atoms with Gasteiger partial charge in [-0.25, -0.2) is 0 Å². The smallest absolute Gasteiger partial charge is 0.325 e. The molecule has 0 rings (SSSR count). The predicted octanol–water partition coefficient (Wildman–Crippen LogP) is -1.72. The van der Waals surface area contributed by atoms with Crippen molar-refractivity contribution in [3.05, 3.63) is 0 Å². The van der Waals surface area contributed by atoms with E-state index in [9.17, 15) is 19.2 Å². The molecule has 0 aliphatic rings. The van der Waals surface area contributed by atoms with Crippen LogP contribution in [0.3, 0.4) is 0 Å². The molecule has 0 saturated carbocycles. The van der Waals surface area contributed by atoms with Crippen molar-refractivity contribution in [2.75, 3.05) is 18.1 Å². The third kappa shape index (κ3) is 9.04. The number of carbonyl (C=O) groups excluding carboxylic acids is 3. The van der Waals surface area contributed by atoms with Crippen LogP contribution in [-0.4, -0.2) is 65.0 Å². The molecule has 3 atom stereocenters. The van der Waals surface area contributed by atoms with Crippen molar-refractivity contribution in [1.82, 2.24) is 16.0 Å². The molecule has 9 nitrogen and oxygen atoms in total. The number of amides is 3. The summed E-state index contributed by atoms with van der Waals surface area (Å²) in [6, 6.07) is -2.80. The SMILES string of the molecule is CC(=O)N[C@@H](C)C(=O)N[C@@H](CSCCN)C(=O)N[C@@H](C)C(=O)O. The molecule has 0 heterocycles. The van der Waals surface area contributed by atoms with E-state index in [0.29, 0.717) is 12.3 Å². The van der Waals surface area contributed by atoms with Crippen LogP contribution in [0.1, 0.15) is 20.8 Å². The quantitative estimate of drug-likeness (QED) is 0.294.